The fourth-order valence-corrected chi connectivity index (χ4v) is 7.41. The highest BCUT2D eigenvalue weighted by molar-refractivity contribution is 5.71. The molecule has 16 heteroatoms. The number of piperidine rings is 3. The van der Waals surface area contributed by atoms with Crippen molar-refractivity contribution in [1.82, 2.24) is 31.1 Å². The number of hydrogen-bond donors (Lipinski definition) is 4. The number of carbonyl (C=O) groups excluding carboxylic acids is 5. The van der Waals surface area contributed by atoms with Crippen LogP contribution in [0, 0.1) is 0 Å². The molecule has 3 saturated heterocycles. The van der Waals surface area contributed by atoms with E-state index in [1.54, 1.807) is 9.80 Å². The Hall–Kier alpha value is -5.25. The van der Waals surface area contributed by atoms with Crippen LogP contribution in [0.15, 0.2) is 60.7 Å². The lowest BCUT2D eigenvalue weighted by Crippen LogP contribution is -2.56. The Balaban J connectivity index is 0.000000349. The zero-order valence-electron chi connectivity index (χ0n) is 41.0. The van der Waals surface area contributed by atoms with Gasteiger partial charge in [-0.05, 0) is 139 Å². The van der Waals surface area contributed by atoms with Gasteiger partial charge in [-0.15, -0.1) is 0 Å². The Bertz CT molecular complexity index is 1670. The van der Waals surface area contributed by atoms with Crippen molar-refractivity contribution in [3.63, 3.8) is 0 Å². The van der Waals surface area contributed by atoms with Crippen LogP contribution in [0.2, 0.25) is 0 Å². The van der Waals surface area contributed by atoms with Gasteiger partial charge in [0.1, 0.15) is 30.0 Å². The lowest BCUT2D eigenvalue weighted by atomic mass is 9.98. The normalized spacial score (nSPS) is 21.9. The number of hydrogen-bond acceptors (Lipinski definition) is 11. The molecule has 3 aliphatic heterocycles. The summed E-state index contributed by atoms with van der Waals surface area (Å²) in [6.07, 6.45) is 3.43. The van der Waals surface area contributed by atoms with Crippen LogP contribution in [-0.4, -0.2) is 113 Å². The maximum absolute atomic E-state index is 12.4. The number of nitrogens with zero attached hydrogens (tertiary/aromatic N) is 2. The first-order chi connectivity index (χ1) is 30.4. The Kier molecular flexibility index (Phi) is 23.1. The van der Waals surface area contributed by atoms with Gasteiger partial charge in [0.05, 0.1) is 24.2 Å². The molecule has 66 heavy (non-hydrogen) atoms. The van der Waals surface area contributed by atoms with E-state index in [-0.39, 0.29) is 69.1 Å². The number of likely N-dealkylation sites (tertiary alicyclic amines) is 2. The molecule has 0 aliphatic carbocycles. The first-order valence-electron chi connectivity index (χ1n) is 23.1. The highest BCUT2D eigenvalue weighted by Gasteiger charge is 2.35. The maximum atomic E-state index is 12.4. The molecular weight excluding hydrogens is 845 g/mol. The van der Waals surface area contributed by atoms with E-state index in [0.717, 1.165) is 56.2 Å². The van der Waals surface area contributed by atoms with Crippen molar-refractivity contribution in [2.24, 2.45) is 0 Å². The van der Waals surface area contributed by atoms with Gasteiger partial charge in [0.2, 0.25) is 0 Å². The quantitative estimate of drug-likeness (QED) is 0.194. The molecule has 2 aromatic rings. The van der Waals surface area contributed by atoms with Crippen molar-refractivity contribution in [3.05, 3.63) is 71.8 Å². The summed E-state index contributed by atoms with van der Waals surface area (Å²) in [6.45, 7) is 25.3. The first kappa shape index (κ1) is 56.9. The second-order valence-electron chi connectivity index (χ2n) is 19.9. The average molecular weight is 927 g/mol. The summed E-state index contributed by atoms with van der Waals surface area (Å²) in [5.74, 6) is 0. The van der Waals surface area contributed by atoms with Crippen molar-refractivity contribution >= 4 is 30.5 Å². The standard InChI is InChI=1S/2C19H28N2O4.C11H22N2O2.CH4/c2*1-14-16(20-17(22)25-19(2,3)4)11-8-12-21(14)18(23)24-13-15-9-6-5-7-10-15;1-8-9(6-5-7-12-8)13-10(14)15-11(2,3)4;/h2*5-7,9-10,14,16H,8,11-13H2,1-4H3,(H,20,22);8-9,12H,5-7H2,1-4H3,(H,13,14);1H4/t14-,16+;14-,16-;8?,9-;/m011./s1. The Morgan fingerprint density at radius 1 is 0.545 bits per heavy atom. The third-order valence-corrected chi connectivity index (χ3v) is 10.7. The zero-order chi connectivity index (χ0) is 48.4. The molecular formula is C50H82N6O10. The van der Waals surface area contributed by atoms with Crippen molar-refractivity contribution < 1.29 is 47.7 Å². The third-order valence-electron chi connectivity index (χ3n) is 10.7. The summed E-state index contributed by atoms with van der Waals surface area (Å²) in [5, 5.41) is 12.0. The molecule has 16 nitrogen and oxygen atoms in total. The second kappa shape index (κ2) is 26.8. The van der Waals surface area contributed by atoms with Crippen LogP contribution in [-0.2, 0) is 36.9 Å². The second-order valence-corrected chi connectivity index (χ2v) is 19.9. The molecule has 3 aliphatic rings. The molecule has 5 amide bonds. The molecule has 2 aromatic carbocycles. The number of amides is 5. The SMILES string of the molecule is C.CC1NCCC[C@H]1NC(=O)OC(C)(C)C.C[C@@H]1[C@H](NC(=O)OC(C)(C)C)CCCN1C(=O)OCc1ccccc1.C[C@H]1[C@H](NC(=O)OC(C)(C)C)CCCN1C(=O)OCc1ccccc1. The monoisotopic (exact) mass is 927 g/mol. The number of benzene rings is 2. The molecule has 3 heterocycles. The molecule has 4 N–H and O–H groups in total. The molecule has 1 unspecified atom stereocenters. The van der Waals surface area contributed by atoms with Crippen molar-refractivity contribution in [2.45, 2.75) is 195 Å². The van der Waals surface area contributed by atoms with E-state index in [1.807, 2.05) is 137 Å². The van der Waals surface area contributed by atoms with Crippen LogP contribution in [0.3, 0.4) is 0 Å². The van der Waals surface area contributed by atoms with Gasteiger partial charge in [0.25, 0.3) is 0 Å². The number of ether oxygens (including phenoxy) is 5. The van der Waals surface area contributed by atoms with Crippen molar-refractivity contribution in [2.75, 3.05) is 19.6 Å². The average Bonchev–Trinajstić information content (AvgIpc) is 3.21. The van der Waals surface area contributed by atoms with Crippen LogP contribution < -0.4 is 21.3 Å². The number of rotatable bonds is 7. The minimum absolute atomic E-state index is 0. The van der Waals surface area contributed by atoms with E-state index in [1.165, 1.54) is 0 Å². The fraction of sp³-hybridized carbons (Fsp3) is 0.660. The van der Waals surface area contributed by atoms with E-state index >= 15 is 0 Å². The smallest absolute Gasteiger partial charge is 0.410 e. The zero-order valence-corrected chi connectivity index (χ0v) is 41.0. The molecule has 6 atom stereocenters. The minimum Gasteiger partial charge on any atom is -0.445 e. The van der Waals surface area contributed by atoms with Gasteiger partial charge in [-0.3, -0.25) is 0 Å². The van der Waals surface area contributed by atoms with Gasteiger partial charge in [0, 0.05) is 25.2 Å². The summed E-state index contributed by atoms with van der Waals surface area (Å²) < 4.78 is 26.7. The topological polar surface area (TPSA) is 186 Å². The van der Waals surface area contributed by atoms with E-state index in [0.29, 0.717) is 19.1 Å². The Morgan fingerprint density at radius 2 is 0.879 bits per heavy atom. The molecule has 0 saturated carbocycles. The van der Waals surface area contributed by atoms with Gasteiger partial charge in [0.15, 0.2) is 0 Å². The molecule has 0 aromatic heterocycles. The first-order valence-corrected chi connectivity index (χ1v) is 23.1. The number of alkyl carbamates (subject to hydrolysis) is 3. The van der Waals surface area contributed by atoms with Crippen LogP contribution in [0.25, 0.3) is 0 Å². The van der Waals surface area contributed by atoms with E-state index in [4.69, 9.17) is 23.7 Å². The molecule has 0 bridgehead atoms. The number of nitrogens with one attached hydrogen (secondary N) is 4. The van der Waals surface area contributed by atoms with Gasteiger partial charge in [-0.1, -0.05) is 68.1 Å². The summed E-state index contributed by atoms with van der Waals surface area (Å²) in [4.78, 5) is 63.6. The van der Waals surface area contributed by atoms with Crippen LogP contribution >= 0.6 is 0 Å². The lowest BCUT2D eigenvalue weighted by Gasteiger charge is -2.39. The summed E-state index contributed by atoms with van der Waals surface area (Å²) in [6, 6.07) is 19.1. The highest BCUT2D eigenvalue weighted by atomic mass is 16.6. The van der Waals surface area contributed by atoms with Gasteiger partial charge >= 0.3 is 30.5 Å². The molecule has 3 fully saturated rings. The van der Waals surface area contributed by atoms with Crippen LogP contribution in [0.5, 0.6) is 0 Å². The summed E-state index contributed by atoms with van der Waals surface area (Å²) in [7, 11) is 0. The van der Waals surface area contributed by atoms with E-state index < -0.39 is 29.0 Å². The van der Waals surface area contributed by atoms with E-state index in [2.05, 4.69) is 28.2 Å². The maximum Gasteiger partial charge on any atom is 0.410 e. The van der Waals surface area contributed by atoms with Gasteiger partial charge in [-0.25, -0.2) is 24.0 Å². The van der Waals surface area contributed by atoms with Crippen molar-refractivity contribution in [1.29, 1.82) is 0 Å². The molecule has 0 spiro atoms. The van der Waals surface area contributed by atoms with Crippen molar-refractivity contribution in [3.8, 4) is 0 Å². The van der Waals surface area contributed by atoms with E-state index in [9.17, 15) is 24.0 Å². The fourth-order valence-electron chi connectivity index (χ4n) is 7.41. The van der Waals surface area contributed by atoms with Crippen LogP contribution in [0.4, 0.5) is 24.0 Å². The summed E-state index contributed by atoms with van der Waals surface area (Å²) >= 11 is 0. The highest BCUT2D eigenvalue weighted by Crippen LogP contribution is 2.22. The van der Waals surface area contributed by atoms with Crippen LogP contribution in [0.1, 0.15) is 140 Å². The number of carbonyl (C=O) groups is 5. The predicted molar refractivity (Wildman–Crippen MR) is 257 cm³/mol. The molecule has 5 rings (SSSR count). The largest absolute Gasteiger partial charge is 0.445 e. The lowest BCUT2D eigenvalue weighted by molar-refractivity contribution is 0.0368. The summed E-state index contributed by atoms with van der Waals surface area (Å²) in [5.41, 5.74) is 0.384. The Labute approximate surface area is 394 Å². The Morgan fingerprint density at radius 3 is 1.21 bits per heavy atom. The molecule has 372 valence electrons. The third kappa shape index (κ3) is 21.8. The van der Waals surface area contributed by atoms with Gasteiger partial charge < -0.3 is 54.8 Å². The minimum atomic E-state index is -0.545. The predicted octanol–water partition coefficient (Wildman–Crippen LogP) is 9.69. The molecule has 0 radical (unpaired) electrons. The van der Waals surface area contributed by atoms with Gasteiger partial charge in [-0.2, -0.15) is 0 Å².